The number of hydrogen-bond acceptors (Lipinski definition) is 4. The van der Waals surface area contributed by atoms with Crippen LogP contribution in [0, 0.1) is 0 Å². The molecule has 0 aromatic carbocycles. The van der Waals surface area contributed by atoms with E-state index >= 15 is 0 Å². The first kappa shape index (κ1) is 14.2. The molecule has 0 aliphatic carbocycles. The number of carbonyl (C=O) groups excluding carboxylic acids is 1. The van der Waals surface area contributed by atoms with Crippen LogP contribution in [0.3, 0.4) is 0 Å². The monoisotopic (exact) mass is 306 g/mol. The largest absolute Gasteiger partial charge is 0.467 e. The molecule has 6 heteroatoms. The minimum atomic E-state index is -0.0817. The molecule has 0 spiro atoms. The third-order valence-electron chi connectivity index (χ3n) is 3.46. The number of morpholine rings is 1. The van der Waals surface area contributed by atoms with Gasteiger partial charge in [0.25, 0.3) is 0 Å². The van der Waals surface area contributed by atoms with Crippen molar-refractivity contribution in [3.8, 4) is 0 Å². The highest BCUT2D eigenvalue weighted by Crippen LogP contribution is 2.26. The van der Waals surface area contributed by atoms with Gasteiger partial charge in [-0.05, 0) is 41.4 Å². The Morgan fingerprint density at radius 2 is 2.38 bits per heavy atom. The van der Waals surface area contributed by atoms with E-state index in [0.717, 1.165) is 11.3 Å². The van der Waals surface area contributed by atoms with Crippen molar-refractivity contribution in [3.05, 3.63) is 46.5 Å². The molecule has 2 amide bonds. The lowest BCUT2D eigenvalue weighted by Gasteiger charge is -2.36. The van der Waals surface area contributed by atoms with Crippen molar-refractivity contribution in [3.63, 3.8) is 0 Å². The van der Waals surface area contributed by atoms with Gasteiger partial charge in [-0.25, -0.2) is 4.79 Å². The van der Waals surface area contributed by atoms with Gasteiger partial charge in [0.1, 0.15) is 11.9 Å². The maximum Gasteiger partial charge on any atom is 0.317 e. The molecule has 2 aromatic rings. The van der Waals surface area contributed by atoms with Crippen LogP contribution in [0.15, 0.2) is 39.6 Å². The summed E-state index contributed by atoms with van der Waals surface area (Å²) < 4.78 is 11.1. The summed E-state index contributed by atoms with van der Waals surface area (Å²) in [6.07, 6.45) is 1.58. The maximum absolute atomic E-state index is 12.3. The normalized spacial score (nSPS) is 22.2. The lowest BCUT2D eigenvalue weighted by molar-refractivity contribution is -0.0655. The molecule has 0 saturated carbocycles. The van der Waals surface area contributed by atoms with Crippen LogP contribution in [0.25, 0.3) is 0 Å². The van der Waals surface area contributed by atoms with Gasteiger partial charge in [0, 0.05) is 6.54 Å². The van der Waals surface area contributed by atoms with Crippen molar-refractivity contribution in [1.29, 1.82) is 0 Å². The molecule has 0 radical (unpaired) electrons. The van der Waals surface area contributed by atoms with E-state index in [0.29, 0.717) is 19.6 Å². The molecule has 21 heavy (non-hydrogen) atoms. The minimum Gasteiger partial charge on any atom is -0.467 e. The average molecular weight is 306 g/mol. The molecule has 3 rings (SSSR count). The number of urea groups is 1. The molecule has 2 aromatic heterocycles. The number of thiophene rings is 1. The molecule has 1 aliphatic rings. The number of amides is 2. The Balaban J connectivity index is 1.60. The molecular weight excluding hydrogens is 288 g/mol. The smallest absolute Gasteiger partial charge is 0.317 e. The molecule has 3 heterocycles. The Hall–Kier alpha value is -1.79. The molecule has 1 aliphatic heterocycles. The van der Waals surface area contributed by atoms with E-state index in [9.17, 15) is 4.79 Å². The molecule has 112 valence electrons. The molecule has 1 fully saturated rings. The summed E-state index contributed by atoms with van der Waals surface area (Å²) in [4.78, 5) is 14.1. The lowest BCUT2D eigenvalue weighted by atomic mass is 10.1. The Kier molecular flexibility index (Phi) is 4.26. The fourth-order valence-electron chi connectivity index (χ4n) is 2.45. The summed E-state index contributed by atoms with van der Waals surface area (Å²) in [5.41, 5.74) is 1.13. The molecular formula is C15H18N2O3S. The fraction of sp³-hybridized carbons (Fsp3) is 0.400. The predicted octanol–water partition coefficient (Wildman–Crippen LogP) is 3.01. The first-order chi connectivity index (χ1) is 10.2. The number of nitrogens with zero attached hydrogens (tertiary/aromatic N) is 1. The number of nitrogens with one attached hydrogen (secondary N) is 1. The van der Waals surface area contributed by atoms with Crippen molar-refractivity contribution in [2.24, 2.45) is 0 Å². The van der Waals surface area contributed by atoms with E-state index < -0.39 is 0 Å². The molecule has 0 unspecified atom stereocenters. The topological polar surface area (TPSA) is 54.7 Å². The molecule has 1 saturated heterocycles. The van der Waals surface area contributed by atoms with Crippen LogP contribution in [-0.4, -0.2) is 30.1 Å². The standard InChI is InChI=1S/C15H18N2O3S/c1-11-8-17(9-14(20-11)12-4-6-21-10-12)15(18)16-7-13-3-2-5-19-13/h2-6,10-11,14H,7-9H2,1H3,(H,16,18)/t11-,14-/m0/s1. The van der Waals surface area contributed by atoms with Crippen molar-refractivity contribution < 1.29 is 13.9 Å². The number of hydrogen-bond donors (Lipinski definition) is 1. The Morgan fingerprint density at radius 1 is 1.48 bits per heavy atom. The zero-order valence-corrected chi connectivity index (χ0v) is 12.6. The van der Waals surface area contributed by atoms with E-state index in [-0.39, 0.29) is 18.2 Å². The van der Waals surface area contributed by atoms with Crippen LogP contribution in [0.5, 0.6) is 0 Å². The number of furan rings is 1. The van der Waals surface area contributed by atoms with Crippen LogP contribution < -0.4 is 5.32 Å². The van der Waals surface area contributed by atoms with E-state index in [1.54, 1.807) is 22.5 Å². The first-order valence-electron chi connectivity index (χ1n) is 6.95. The van der Waals surface area contributed by atoms with Gasteiger partial charge in [0.05, 0.1) is 25.5 Å². The Bertz CT molecular complexity index is 568. The minimum absolute atomic E-state index is 0.0259. The van der Waals surface area contributed by atoms with Gasteiger partial charge in [-0.15, -0.1) is 0 Å². The van der Waals surface area contributed by atoms with Crippen molar-refractivity contribution >= 4 is 17.4 Å². The van der Waals surface area contributed by atoms with Gasteiger partial charge in [0.15, 0.2) is 0 Å². The van der Waals surface area contributed by atoms with Gasteiger partial charge in [-0.2, -0.15) is 11.3 Å². The first-order valence-corrected chi connectivity index (χ1v) is 7.89. The maximum atomic E-state index is 12.3. The van der Waals surface area contributed by atoms with Crippen LogP contribution >= 0.6 is 11.3 Å². The average Bonchev–Trinajstić information content (AvgIpc) is 3.17. The summed E-state index contributed by atoms with van der Waals surface area (Å²) in [7, 11) is 0. The molecule has 1 N–H and O–H groups in total. The highest BCUT2D eigenvalue weighted by atomic mass is 32.1. The third-order valence-corrected chi connectivity index (χ3v) is 4.16. The van der Waals surface area contributed by atoms with Crippen LogP contribution in [0.2, 0.25) is 0 Å². The zero-order valence-electron chi connectivity index (χ0n) is 11.8. The molecule has 0 bridgehead atoms. The van der Waals surface area contributed by atoms with Gasteiger partial charge in [-0.3, -0.25) is 0 Å². The summed E-state index contributed by atoms with van der Waals surface area (Å²) in [6.45, 7) is 3.57. The van der Waals surface area contributed by atoms with Crippen LogP contribution in [0.1, 0.15) is 24.4 Å². The van der Waals surface area contributed by atoms with Gasteiger partial charge < -0.3 is 19.4 Å². The van der Waals surface area contributed by atoms with E-state index in [1.165, 1.54) is 0 Å². The summed E-state index contributed by atoms with van der Waals surface area (Å²) in [5.74, 6) is 0.749. The SMILES string of the molecule is C[C@H]1CN(C(=O)NCc2ccco2)C[C@@H](c2ccsc2)O1. The number of rotatable bonds is 3. The highest BCUT2D eigenvalue weighted by Gasteiger charge is 2.29. The van der Waals surface area contributed by atoms with Gasteiger partial charge in [0.2, 0.25) is 0 Å². The van der Waals surface area contributed by atoms with Crippen LogP contribution in [0.4, 0.5) is 4.79 Å². The van der Waals surface area contributed by atoms with E-state index in [4.69, 9.17) is 9.15 Å². The zero-order chi connectivity index (χ0) is 14.7. The summed E-state index contributed by atoms with van der Waals surface area (Å²) >= 11 is 1.64. The quantitative estimate of drug-likeness (QED) is 0.948. The third kappa shape index (κ3) is 3.46. The molecule has 2 atom stereocenters. The Labute approximate surface area is 127 Å². The van der Waals surface area contributed by atoms with E-state index in [1.807, 2.05) is 30.5 Å². The number of ether oxygens (including phenoxy) is 1. The number of carbonyl (C=O) groups is 1. The second-order valence-corrected chi connectivity index (χ2v) is 5.92. The Morgan fingerprint density at radius 3 is 3.10 bits per heavy atom. The second-order valence-electron chi connectivity index (χ2n) is 5.14. The van der Waals surface area contributed by atoms with Crippen molar-refractivity contribution in [2.75, 3.05) is 13.1 Å². The summed E-state index contributed by atoms with van der Waals surface area (Å²) in [5, 5.41) is 6.98. The van der Waals surface area contributed by atoms with Gasteiger partial charge >= 0.3 is 6.03 Å². The second kappa shape index (κ2) is 6.32. The highest BCUT2D eigenvalue weighted by molar-refractivity contribution is 7.07. The van der Waals surface area contributed by atoms with Crippen molar-refractivity contribution in [2.45, 2.75) is 25.7 Å². The molecule has 5 nitrogen and oxygen atoms in total. The lowest BCUT2D eigenvalue weighted by Crippen LogP contribution is -2.49. The van der Waals surface area contributed by atoms with Crippen molar-refractivity contribution in [1.82, 2.24) is 10.2 Å². The predicted molar refractivity (Wildman–Crippen MR) is 80.1 cm³/mol. The van der Waals surface area contributed by atoms with E-state index in [2.05, 4.69) is 10.7 Å². The van der Waals surface area contributed by atoms with Crippen LogP contribution in [-0.2, 0) is 11.3 Å². The fourth-order valence-corrected chi connectivity index (χ4v) is 3.15. The van der Waals surface area contributed by atoms with Gasteiger partial charge in [-0.1, -0.05) is 0 Å². The summed E-state index contributed by atoms with van der Waals surface area (Å²) in [6, 6.07) is 5.62.